The third-order valence-electron chi connectivity index (χ3n) is 4.87. The van der Waals surface area contributed by atoms with E-state index < -0.39 is 10.0 Å². The highest BCUT2D eigenvalue weighted by atomic mass is 35.5. The molecule has 0 heterocycles. The van der Waals surface area contributed by atoms with Crippen LogP contribution in [-0.4, -0.2) is 21.4 Å². The lowest BCUT2D eigenvalue weighted by Crippen LogP contribution is -2.28. The molecule has 1 N–H and O–H groups in total. The largest absolute Gasteiger partial charge is 0.346 e. The minimum absolute atomic E-state index is 0.122. The average molecular weight is 443 g/mol. The van der Waals surface area contributed by atoms with Gasteiger partial charge < -0.3 is 5.32 Å². The number of carbonyl (C=O) groups excluding carboxylic acids is 1. The second-order valence-corrected chi connectivity index (χ2v) is 9.49. The van der Waals surface area contributed by atoms with Crippen molar-refractivity contribution >= 4 is 33.2 Å². The summed E-state index contributed by atoms with van der Waals surface area (Å²) in [6, 6.07) is 20.2. The number of amides is 1. The van der Waals surface area contributed by atoms with Crippen LogP contribution in [0.5, 0.6) is 0 Å². The third-order valence-corrected chi connectivity index (χ3v) is 6.92. The Kier molecular flexibility index (Phi) is 6.48. The van der Waals surface area contributed by atoms with Crippen molar-refractivity contribution in [3.63, 3.8) is 0 Å². The normalized spacial score (nSPS) is 12.3. The highest BCUT2D eigenvalue weighted by molar-refractivity contribution is 7.92. The number of nitrogens with zero attached hydrogens (tertiary/aromatic N) is 1. The van der Waals surface area contributed by atoms with Gasteiger partial charge in [-0.3, -0.25) is 9.10 Å². The van der Waals surface area contributed by atoms with Gasteiger partial charge in [0.1, 0.15) is 0 Å². The van der Waals surface area contributed by atoms with E-state index in [-0.39, 0.29) is 16.8 Å². The Morgan fingerprint density at radius 1 is 1.00 bits per heavy atom. The number of sulfonamides is 1. The van der Waals surface area contributed by atoms with Crippen molar-refractivity contribution in [1.29, 1.82) is 0 Å². The Bertz CT molecular complexity index is 1140. The first-order valence-corrected chi connectivity index (χ1v) is 11.2. The molecular weight excluding hydrogens is 420 g/mol. The molecule has 30 heavy (non-hydrogen) atoms. The topological polar surface area (TPSA) is 66.5 Å². The average Bonchev–Trinajstić information content (AvgIpc) is 2.74. The van der Waals surface area contributed by atoms with Crippen LogP contribution in [0.25, 0.3) is 0 Å². The maximum absolute atomic E-state index is 12.9. The Labute approximate surface area is 182 Å². The SMILES string of the molecule is Cc1ccc([C@H](C)NC(=O)c2cccc(N(C)S(=O)(=O)c3ccc(Cl)cc3)c2)cc1. The molecule has 0 unspecified atom stereocenters. The van der Waals surface area contributed by atoms with Crippen molar-refractivity contribution in [2.24, 2.45) is 0 Å². The van der Waals surface area contributed by atoms with Crippen LogP contribution in [0, 0.1) is 6.92 Å². The summed E-state index contributed by atoms with van der Waals surface area (Å²) in [5.74, 6) is -0.276. The zero-order chi connectivity index (χ0) is 21.9. The zero-order valence-electron chi connectivity index (χ0n) is 17.0. The van der Waals surface area contributed by atoms with Gasteiger partial charge in [-0.25, -0.2) is 8.42 Å². The van der Waals surface area contributed by atoms with Crippen molar-refractivity contribution < 1.29 is 13.2 Å². The number of nitrogens with one attached hydrogen (secondary N) is 1. The van der Waals surface area contributed by atoms with Crippen LogP contribution in [0.4, 0.5) is 5.69 Å². The first-order chi connectivity index (χ1) is 14.2. The van der Waals surface area contributed by atoms with E-state index in [4.69, 9.17) is 11.6 Å². The molecule has 3 aromatic rings. The number of halogens is 1. The lowest BCUT2D eigenvalue weighted by Gasteiger charge is -2.20. The minimum Gasteiger partial charge on any atom is -0.346 e. The van der Waals surface area contributed by atoms with E-state index in [1.165, 1.54) is 31.3 Å². The van der Waals surface area contributed by atoms with Crippen LogP contribution in [-0.2, 0) is 10.0 Å². The van der Waals surface area contributed by atoms with Gasteiger partial charge in [0.2, 0.25) is 0 Å². The van der Waals surface area contributed by atoms with Crippen molar-refractivity contribution in [2.45, 2.75) is 24.8 Å². The first kappa shape index (κ1) is 21.9. The van der Waals surface area contributed by atoms with E-state index in [2.05, 4.69) is 5.32 Å². The van der Waals surface area contributed by atoms with Crippen molar-refractivity contribution in [3.05, 3.63) is 94.5 Å². The number of anilines is 1. The Balaban J connectivity index is 1.80. The monoisotopic (exact) mass is 442 g/mol. The summed E-state index contributed by atoms with van der Waals surface area (Å²) >= 11 is 5.85. The molecule has 0 bridgehead atoms. The van der Waals surface area contributed by atoms with E-state index in [0.717, 1.165) is 15.4 Å². The zero-order valence-corrected chi connectivity index (χ0v) is 18.5. The number of aryl methyl sites for hydroxylation is 1. The van der Waals surface area contributed by atoms with Gasteiger partial charge >= 0.3 is 0 Å². The lowest BCUT2D eigenvalue weighted by molar-refractivity contribution is 0.0940. The summed E-state index contributed by atoms with van der Waals surface area (Å²) in [5, 5.41) is 3.41. The fourth-order valence-corrected chi connectivity index (χ4v) is 4.28. The highest BCUT2D eigenvalue weighted by Gasteiger charge is 2.22. The summed E-state index contributed by atoms with van der Waals surface area (Å²) in [5.41, 5.74) is 2.91. The molecule has 0 aromatic heterocycles. The van der Waals surface area contributed by atoms with Gasteiger partial charge in [0.05, 0.1) is 16.6 Å². The van der Waals surface area contributed by atoms with Crippen LogP contribution < -0.4 is 9.62 Å². The Morgan fingerprint density at radius 3 is 2.27 bits per heavy atom. The molecule has 0 radical (unpaired) electrons. The highest BCUT2D eigenvalue weighted by Crippen LogP contribution is 2.24. The van der Waals surface area contributed by atoms with Gasteiger partial charge in [-0.2, -0.15) is 0 Å². The van der Waals surface area contributed by atoms with Gasteiger partial charge in [0.15, 0.2) is 0 Å². The van der Waals surface area contributed by atoms with Gasteiger partial charge in [0, 0.05) is 17.6 Å². The van der Waals surface area contributed by atoms with Crippen LogP contribution in [0.1, 0.15) is 34.5 Å². The summed E-state index contributed by atoms with van der Waals surface area (Å²) in [4.78, 5) is 12.9. The molecule has 0 saturated heterocycles. The molecule has 0 fully saturated rings. The first-order valence-electron chi connectivity index (χ1n) is 9.40. The molecule has 3 aromatic carbocycles. The number of carbonyl (C=O) groups is 1. The summed E-state index contributed by atoms with van der Waals surface area (Å²) in [7, 11) is -2.32. The summed E-state index contributed by atoms with van der Waals surface area (Å²) in [6.45, 7) is 3.91. The Hall–Kier alpha value is -2.83. The molecule has 3 rings (SSSR count). The van der Waals surface area contributed by atoms with Gasteiger partial charge in [-0.1, -0.05) is 47.5 Å². The molecule has 7 heteroatoms. The molecule has 0 saturated carbocycles. The van der Waals surface area contributed by atoms with E-state index in [9.17, 15) is 13.2 Å². The molecule has 5 nitrogen and oxygen atoms in total. The van der Waals surface area contributed by atoms with Gasteiger partial charge in [0.25, 0.3) is 15.9 Å². The maximum atomic E-state index is 12.9. The Morgan fingerprint density at radius 2 is 1.63 bits per heavy atom. The van der Waals surface area contributed by atoms with Crippen LogP contribution in [0.2, 0.25) is 5.02 Å². The molecule has 0 aliphatic heterocycles. The van der Waals surface area contributed by atoms with E-state index in [1.54, 1.807) is 24.3 Å². The molecule has 0 aliphatic rings. The standard InChI is InChI=1S/C23H23ClN2O3S/c1-16-7-9-18(10-8-16)17(2)25-23(27)19-5-4-6-21(15-19)26(3)30(28,29)22-13-11-20(24)12-14-22/h4-15,17H,1-3H3,(H,25,27)/t17-/m0/s1. The molecule has 0 aliphatic carbocycles. The third kappa shape index (κ3) is 4.83. The minimum atomic E-state index is -3.78. The summed E-state index contributed by atoms with van der Waals surface area (Å²) in [6.07, 6.45) is 0. The fourth-order valence-electron chi connectivity index (χ4n) is 2.96. The maximum Gasteiger partial charge on any atom is 0.264 e. The second-order valence-electron chi connectivity index (χ2n) is 7.08. The predicted octanol–water partition coefficient (Wildman–Crippen LogP) is 4.96. The smallest absolute Gasteiger partial charge is 0.264 e. The lowest BCUT2D eigenvalue weighted by atomic mass is 10.1. The van der Waals surface area contributed by atoms with Crippen LogP contribution >= 0.6 is 11.6 Å². The fraction of sp³-hybridized carbons (Fsp3) is 0.174. The number of hydrogen-bond acceptors (Lipinski definition) is 3. The molecule has 0 spiro atoms. The number of rotatable bonds is 6. The molecule has 1 amide bonds. The molecule has 156 valence electrons. The molecule has 1 atom stereocenters. The van der Waals surface area contributed by atoms with Crippen molar-refractivity contribution in [2.75, 3.05) is 11.4 Å². The van der Waals surface area contributed by atoms with Gasteiger partial charge in [-0.15, -0.1) is 0 Å². The quantitative estimate of drug-likeness (QED) is 0.586. The van der Waals surface area contributed by atoms with E-state index in [1.807, 2.05) is 38.1 Å². The van der Waals surface area contributed by atoms with E-state index >= 15 is 0 Å². The van der Waals surface area contributed by atoms with Crippen LogP contribution in [0.3, 0.4) is 0 Å². The second kappa shape index (κ2) is 8.90. The summed E-state index contributed by atoms with van der Waals surface area (Å²) < 4.78 is 26.9. The number of hydrogen-bond donors (Lipinski definition) is 1. The molecular formula is C23H23ClN2O3S. The van der Waals surface area contributed by atoms with Crippen molar-refractivity contribution in [3.8, 4) is 0 Å². The van der Waals surface area contributed by atoms with E-state index in [0.29, 0.717) is 16.3 Å². The van der Waals surface area contributed by atoms with Crippen LogP contribution in [0.15, 0.2) is 77.7 Å². The number of benzene rings is 3. The van der Waals surface area contributed by atoms with Crippen molar-refractivity contribution in [1.82, 2.24) is 5.32 Å². The predicted molar refractivity (Wildman–Crippen MR) is 121 cm³/mol. The van der Waals surface area contributed by atoms with Gasteiger partial charge in [-0.05, 0) is 61.9 Å².